The van der Waals surface area contributed by atoms with Gasteiger partial charge in [-0.3, -0.25) is 0 Å². The minimum atomic E-state index is 0.232. The van der Waals surface area contributed by atoms with Crippen molar-refractivity contribution in [2.45, 2.75) is 0 Å². The van der Waals surface area contributed by atoms with Crippen LogP contribution in [-0.4, -0.2) is 6.21 Å². The molecule has 0 aliphatic heterocycles. The van der Waals surface area contributed by atoms with Gasteiger partial charge in [0, 0.05) is 21.7 Å². The maximum atomic E-state index is 9.98. The highest BCUT2D eigenvalue weighted by atomic mass is 35.5. The third kappa shape index (κ3) is 4.23. The fourth-order valence-electron chi connectivity index (χ4n) is 3.63. The van der Waals surface area contributed by atoms with Gasteiger partial charge in [-0.25, -0.2) is 4.99 Å². The highest BCUT2D eigenvalue weighted by Crippen LogP contribution is 2.42. The Morgan fingerprint density at radius 1 is 0.758 bits per heavy atom. The van der Waals surface area contributed by atoms with Gasteiger partial charge in [0.1, 0.15) is 28.9 Å². The second-order valence-electron chi connectivity index (χ2n) is 7.30. The molecule has 0 saturated carbocycles. The summed E-state index contributed by atoms with van der Waals surface area (Å²) in [6.45, 7) is 0. The van der Waals surface area contributed by atoms with Crippen LogP contribution in [0.15, 0.2) is 111 Å². The fraction of sp³-hybridized carbons (Fsp3) is 0. The van der Waals surface area contributed by atoms with Crippen molar-refractivity contribution in [3.8, 4) is 39.8 Å². The minimum absolute atomic E-state index is 0.232. The Morgan fingerprint density at radius 3 is 2.15 bits per heavy atom. The molecule has 4 nitrogen and oxygen atoms in total. The smallest absolute Gasteiger partial charge is 0.238 e. The van der Waals surface area contributed by atoms with E-state index in [-0.39, 0.29) is 5.88 Å². The van der Waals surface area contributed by atoms with Gasteiger partial charge in [-0.05, 0) is 29.8 Å². The van der Waals surface area contributed by atoms with Crippen LogP contribution >= 0.6 is 11.6 Å². The average Bonchev–Trinajstić information content (AvgIpc) is 3.48. The van der Waals surface area contributed by atoms with Gasteiger partial charge >= 0.3 is 0 Å². The third-order valence-corrected chi connectivity index (χ3v) is 5.38. The van der Waals surface area contributed by atoms with Crippen molar-refractivity contribution in [3.05, 3.63) is 113 Å². The zero-order valence-electron chi connectivity index (χ0n) is 17.4. The van der Waals surface area contributed by atoms with Gasteiger partial charge in [-0.2, -0.15) is 5.26 Å². The highest BCUT2D eigenvalue weighted by Gasteiger charge is 2.22. The molecule has 2 heterocycles. The molecule has 0 saturated heterocycles. The van der Waals surface area contributed by atoms with Crippen LogP contribution in [0.5, 0.6) is 0 Å². The monoisotopic (exact) mass is 448 g/mol. The van der Waals surface area contributed by atoms with Crippen LogP contribution in [0.4, 0.5) is 5.88 Å². The molecule has 0 fully saturated rings. The van der Waals surface area contributed by atoms with Crippen LogP contribution < -0.4 is 0 Å². The van der Waals surface area contributed by atoms with Crippen LogP contribution in [0.2, 0.25) is 5.02 Å². The lowest BCUT2D eigenvalue weighted by molar-refractivity contribution is 0.572. The number of rotatable bonds is 5. The first-order valence-corrected chi connectivity index (χ1v) is 10.7. The number of halogens is 1. The maximum Gasteiger partial charge on any atom is 0.238 e. The summed E-state index contributed by atoms with van der Waals surface area (Å²) in [5.41, 5.74) is 3.72. The molecule has 0 amide bonds. The van der Waals surface area contributed by atoms with Crippen LogP contribution in [0, 0.1) is 11.3 Å². The summed E-state index contributed by atoms with van der Waals surface area (Å²) in [6, 6.07) is 32.8. The van der Waals surface area contributed by atoms with Gasteiger partial charge < -0.3 is 8.83 Å². The molecule has 0 N–H and O–H groups in total. The molecule has 0 unspecified atom stereocenters. The summed E-state index contributed by atoms with van der Waals surface area (Å²) in [5, 5.41) is 10.6. The fourth-order valence-corrected chi connectivity index (χ4v) is 3.82. The summed E-state index contributed by atoms with van der Waals surface area (Å²) in [4.78, 5) is 4.47. The Labute approximate surface area is 196 Å². The normalized spacial score (nSPS) is 11.0. The largest absolute Gasteiger partial charge is 0.455 e. The van der Waals surface area contributed by atoms with Gasteiger partial charge in [0.2, 0.25) is 5.88 Å². The first-order chi connectivity index (χ1) is 16.2. The highest BCUT2D eigenvalue weighted by molar-refractivity contribution is 6.30. The Morgan fingerprint density at radius 2 is 1.45 bits per heavy atom. The van der Waals surface area contributed by atoms with E-state index in [1.165, 1.54) is 0 Å². The molecule has 2 aromatic heterocycles. The maximum absolute atomic E-state index is 9.98. The first kappa shape index (κ1) is 20.6. The summed E-state index contributed by atoms with van der Waals surface area (Å²) in [6.07, 6.45) is 1.55. The van der Waals surface area contributed by atoms with E-state index in [2.05, 4.69) is 11.1 Å². The van der Waals surface area contributed by atoms with Crippen molar-refractivity contribution < 1.29 is 8.83 Å². The van der Waals surface area contributed by atoms with Crippen LogP contribution in [0.25, 0.3) is 33.8 Å². The minimum Gasteiger partial charge on any atom is -0.455 e. The van der Waals surface area contributed by atoms with E-state index in [9.17, 15) is 5.26 Å². The molecule has 0 atom stereocenters. The number of hydrogen-bond acceptors (Lipinski definition) is 4. The summed E-state index contributed by atoms with van der Waals surface area (Å²) >= 11 is 6.08. The van der Waals surface area contributed by atoms with Gasteiger partial charge in [0.05, 0.1) is 6.21 Å². The number of furan rings is 2. The lowest BCUT2D eigenvalue weighted by Gasteiger charge is -2.03. The predicted molar refractivity (Wildman–Crippen MR) is 131 cm³/mol. The van der Waals surface area contributed by atoms with E-state index >= 15 is 0 Å². The van der Waals surface area contributed by atoms with Gasteiger partial charge in [-0.1, -0.05) is 84.4 Å². The zero-order chi connectivity index (χ0) is 22.6. The predicted octanol–water partition coefficient (Wildman–Crippen LogP) is 8.15. The molecular weight excluding hydrogens is 432 g/mol. The Hall–Kier alpha value is -4.33. The number of benzene rings is 3. The van der Waals surface area contributed by atoms with E-state index in [1.807, 2.05) is 97.1 Å². The summed E-state index contributed by atoms with van der Waals surface area (Å²) < 4.78 is 12.0. The average molecular weight is 449 g/mol. The molecule has 0 bridgehead atoms. The van der Waals surface area contributed by atoms with E-state index in [1.54, 1.807) is 6.21 Å². The lowest BCUT2D eigenvalue weighted by atomic mass is 9.98. The molecule has 5 rings (SSSR count). The van der Waals surface area contributed by atoms with Crippen LogP contribution in [-0.2, 0) is 0 Å². The number of nitrogens with zero attached hydrogens (tertiary/aromatic N) is 2. The molecule has 0 aliphatic rings. The molecule has 33 heavy (non-hydrogen) atoms. The number of nitriles is 1. The molecule has 3 aromatic carbocycles. The topological polar surface area (TPSA) is 62.4 Å². The van der Waals surface area contributed by atoms with Crippen molar-refractivity contribution in [3.63, 3.8) is 0 Å². The Kier molecular flexibility index (Phi) is 5.63. The second kappa shape index (κ2) is 9.04. The van der Waals surface area contributed by atoms with E-state index in [0.29, 0.717) is 27.9 Å². The molecule has 158 valence electrons. The van der Waals surface area contributed by atoms with E-state index in [0.717, 1.165) is 22.3 Å². The quantitative estimate of drug-likeness (QED) is 0.255. The van der Waals surface area contributed by atoms with E-state index < -0.39 is 0 Å². The lowest BCUT2D eigenvalue weighted by Crippen LogP contribution is -1.83. The first-order valence-electron chi connectivity index (χ1n) is 10.3. The van der Waals surface area contributed by atoms with Gasteiger partial charge in [-0.15, -0.1) is 0 Å². The zero-order valence-corrected chi connectivity index (χ0v) is 18.2. The molecule has 5 heteroatoms. The van der Waals surface area contributed by atoms with Crippen molar-refractivity contribution in [1.29, 1.82) is 5.26 Å². The number of aliphatic imine (C=N–C) groups is 1. The van der Waals surface area contributed by atoms with Gasteiger partial charge in [0.25, 0.3) is 0 Å². The Balaban J connectivity index is 1.56. The standard InChI is InChI=1S/C28H17ClN2O2/c29-22-13-7-12-21(16-22)25-15-14-23(32-25)18-31-28-24(17-30)26(19-8-3-1-4-9-19)27(33-28)20-10-5-2-6-11-20/h1-16,18H. The molecule has 0 aliphatic carbocycles. The van der Waals surface area contributed by atoms with E-state index in [4.69, 9.17) is 20.4 Å². The second-order valence-corrected chi connectivity index (χ2v) is 7.74. The van der Waals surface area contributed by atoms with Crippen molar-refractivity contribution in [1.82, 2.24) is 0 Å². The molecule has 0 spiro atoms. The number of hydrogen-bond donors (Lipinski definition) is 0. The van der Waals surface area contributed by atoms with Crippen molar-refractivity contribution in [2.75, 3.05) is 0 Å². The molecule has 0 radical (unpaired) electrons. The molecule has 5 aromatic rings. The van der Waals surface area contributed by atoms with Crippen LogP contribution in [0.1, 0.15) is 11.3 Å². The van der Waals surface area contributed by atoms with Crippen molar-refractivity contribution >= 4 is 23.7 Å². The summed E-state index contributed by atoms with van der Waals surface area (Å²) in [5.74, 6) is 2.04. The SMILES string of the molecule is N#Cc1c(N=Cc2ccc(-c3cccc(Cl)c3)o2)oc(-c2ccccc2)c1-c1ccccc1. The Bertz CT molecular complexity index is 1480. The molecular formula is C28H17ClN2O2. The van der Waals surface area contributed by atoms with Crippen LogP contribution in [0.3, 0.4) is 0 Å². The summed E-state index contributed by atoms with van der Waals surface area (Å²) in [7, 11) is 0. The van der Waals surface area contributed by atoms with Gasteiger partial charge in [0.15, 0.2) is 0 Å². The van der Waals surface area contributed by atoms with Crippen molar-refractivity contribution in [2.24, 2.45) is 4.99 Å². The third-order valence-electron chi connectivity index (χ3n) is 5.14.